The number of carbonyl (C=O) groups excluding carboxylic acids is 2. The van der Waals surface area contributed by atoms with Gasteiger partial charge < -0.3 is 5.32 Å². The molecule has 4 nitrogen and oxygen atoms in total. The van der Waals surface area contributed by atoms with Crippen LogP contribution >= 0.6 is 12.2 Å². The molecule has 0 aromatic heterocycles. The summed E-state index contributed by atoms with van der Waals surface area (Å²) in [5, 5.41) is 4.51. The molecular formula is C6H8N2O2S. The fraction of sp³-hybridized carbons (Fsp3) is 0.500. The minimum Gasteiger partial charge on any atom is -0.301 e. The first-order chi connectivity index (χ1) is 5.15. The molecule has 1 fully saturated rings. The van der Waals surface area contributed by atoms with Crippen LogP contribution in [0.15, 0.2) is 0 Å². The van der Waals surface area contributed by atoms with Gasteiger partial charge in [-0.2, -0.15) is 0 Å². The highest BCUT2D eigenvalue weighted by Gasteiger charge is 2.28. The van der Waals surface area contributed by atoms with Crippen molar-refractivity contribution in [3.63, 3.8) is 0 Å². The number of thiocarbonyl (C=S) groups is 1. The molecule has 2 N–H and O–H groups in total. The Hall–Kier alpha value is -0.970. The zero-order chi connectivity index (χ0) is 8.43. The molecule has 1 atom stereocenters. The van der Waals surface area contributed by atoms with Gasteiger partial charge >= 0.3 is 6.03 Å². The molecule has 1 saturated heterocycles. The zero-order valence-electron chi connectivity index (χ0n) is 6.01. The van der Waals surface area contributed by atoms with E-state index in [1.54, 1.807) is 0 Å². The molecule has 0 aliphatic carbocycles. The van der Waals surface area contributed by atoms with Gasteiger partial charge in [0, 0.05) is 0 Å². The first-order valence-electron chi connectivity index (χ1n) is 3.31. The quantitative estimate of drug-likeness (QED) is 0.555. The molecule has 1 aliphatic rings. The summed E-state index contributed by atoms with van der Waals surface area (Å²) in [7, 11) is 0. The summed E-state index contributed by atoms with van der Waals surface area (Å²) in [5.41, 5.74) is 0. The lowest BCUT2D eigenvalue weighted by Gasteiger charge is -2.21. The average Bonchev–Trinajstić information content (AvgIpc) is 1.85. The molecule has 3 amide bonds. The van der Waals surface area contributed by atoms with E-state index in [-0.39, 0.29) is 11.8 Å². The van der Waals surface area contributed by atoms with Crippen LogP contribution in [0.4, 0.5) is 4.79 Å². The predicted octanol–water partition coefficient (Wildman–Crippen LogP) is 0.179. The SMILES string of the molecule is CCC1C(=O)NC(=O)NC1=S. The van der Waals surface area contributed by atoms with Crippen LogP contribution in [0.25, 0.3) is 0 Å². The van der Waals surface area contributed by atoms with E-state index in [1.807, 2.05) is 6.92 Å². The molecule has 1 unspecified atom stereocenters. The lowest BCUT2D eigenvalue weighted by Crippen LogP contribution is -2.54. The standard InChI is InChI=1S/C6H8N2O2S/c1-2-3-4(9)7-6(10)8-5(3)11/h3H,2H2,1H3,(H2,7,8,9,10,11). The minimum absolute atomic E-state index is 0.304. The number of hydrogen-bond donors (Lipinski definition) is 2. The number of urea groups is 1. The van der Waals surface area contributed by atoms with Gasteiger partial charge in [0.15, 0.2) is 0 Å². The summed E-state index contributed by atoms with van der Waals surface area (Å²) in [5.74, 6) is -0.649. The van der Waals surface area contributed by atoms with E-state index in [0.717, 1.165) is 0 Å². The lowest BCUT2D eigenvalue weighted by atomic mass is 10.0. The Morgan fingerprint density at radius 2 is 2.09 bits per heavy atom. The maximum absolute atomic E-state index is 11.0. The van der Waals surface area contributed by atoms with Crippen molar-refractivity contribution in [2.24, 2.45) is 5.92 Å². The highest BCUT2D eigenvalue weighted by Crippen LogP contribution is 2.07. The number of imide groups is 1. The van der Waals surface area contributed by atoms with E-state index in [0.29, 0.717) is 11.4 Å². The van der Waals surface area contributed by atoms with Gasteiger partial charge in [-0.1, -0.05) is 19.1 Å². The van der Waals surface area contributed by atoms with Crippen LogP contribution in [0.3, 0.4) is 0 Å². The zero-order valence-corrected chi connectivity index (χ0v) is 6.83. The van der Waals surface area contributed by atoms with Crippen molar-refractivity contribution in [3.8, 4) is 0 Å². The van der Waals surface area contributed by atoms with Gasteiger partial charge in [-0.05, 0) is 6.42 Å². The first-order valence-corrected chi connectivity index (χ1v) is 3.71. The maximum atomic E-state index is 11.0. The van der Waals surface area contributed by atoms with Gasteiger partial charge in [0.2, 0.25) is 5.91 Å². The van der Waals surface area contributed by atoms with Crippen LogP contribution in [-0.2, 0) is 4.79 Å². The second kappa shape index (κ2) is 2.96. The molecule has 0 spiro atoms. The van der Waals surface area contributed by atoms with E-state index in [2.05, 4.69) is 10.6 Å². The highest BCUT2D eigenvalue weighted by atomic mass is 32.1. The average molecular weight is 172 g/mol. The molecule has 0 radical (unpaired) electrons. The Labute approximate surface area is 69.3 Å². The summed E-state index contributed by atoms with van der Waals surface area (Å²) in [6.07, 6.45) is 0.616. The third kappa shape index (κ3) is 1.54. The third-order valence-electron chi connectivity index (χ3n) is 1.51. The minimum atomic E-state index is -0.523. The summed E-state index contributed by atoms with van der Waals surface area (Å²) in [6.45, 7) is 1.84. The number of rotatable bonds is 1. The molecule has 0 aromatic carbocycles. The Kier molecular flexibility index (Phi) is 2.19. The fourth-order valence-corrected chi connectivity index (χ4v) is 1.29. The molecule has 11 heavy (non-hydrogen) atoms. The molecule has 5 heteroatoms. The van der Waals surface area contributed by atoms with Crippen LogP contribution in [0.1, 0.15) is 13.3 Å². The molecule has 1 heterocycles. The van der Waals surface area contributed by atoms with Gasteiger partial charge in [0.05, 0.1) is 10.9 Å². The number of nitrogens with one attached hydrogen (secondary N) is 2. The number of carbonyl (C=O) groups is 2. The van der Waals surface area contributed by atoms with Crippen molar-refractivity contribution < 1.29 is 9.59 Å². The van der Waals surface area contributed by atoms with E-state index < -0.39 is 6.03 Å². The molecule has 60 valence electrons. The van der Waals surface area contributed by atoms with E-state index >= 15 is 0 Å². The third-order valence-corrected chi connectivity index (χ3v) is 1.90. The largest absolute Gasteiger partial charge is 0.326 e. The van der Waals surface area contributed by atoms with Crippen molar-refractivity contribution in [2.75, 3.05) is 0 Å². The van der Waals surface area contributed by atoms with Crippen LogP contribution in [-0.4, -0.2) is 16.9 Å². The fourth-order valence-electron chi connectivity index (χ4n) is 0.919. The smallest absolute Gasteiger partial charge is 0.301 e. The van der Waals surface area contributed by atoms with Gasteiger partial charge in [0.1, 0.15) is 0 Å². The van der Waals surface area contributed by atoms with E-state index in [1.165, 1.54) is 0 Å². The Morgan fingerprint density at radius 3 is 2.55 bits per heavy atom. The van der Waals surface area contributed by atoms with Gasteiger partial charge in [0.25, 0.3) is 0 Å². The molecule has 1 rings (SSSR count). The van der Waals surface area contributed by atoms with Gasteiger partial charge in [-0.15, -0.1) is 0 Å². The van der Waals surface area contributed by atoms with Crippen molar-refractivity contribution >= 4 is 29.1 Å². The van der Waals surface area contributed by atoms with Gasteiger partial charge in [-0.25, -0.2) is 4.79 Å². The number of hydrogen-bond acceptors (Lipinski definition) is 3. The van der Waals surface area contributed by atoms with Crippen molar-refractivity contribution in [2.45, 2.75) is 13.3 Å². The maximum Gasteiger partial charge on any atom is 0.326 e. The summed E-state index contributed by atoms with van der Waals surface area (Å²) < 4.78 is 0. The molecule has 0 aromatic rings. The monoisotopic (exact) mass is 172 g/mol. The van der Waals surface area contributed by atoms with Crippen molar-refractivity contribution in [1.29, 1.82) is 0 Å². The van der Waals surface area contributed by atoms with Crippen LogP contribution in [0.2, 0.25) is 0 Å². The summed E-state index contributed by atoms with van der Waals surface area (Å²) >= 11 is 4.79. The normalized spacial score (nSPS) is 24.5. The Balaban J connectivity index is 2.74. The molecule has 0 saturated carbocycles. The van der Waals surface area contributed by atoms with Gasteiger partial charge in [-0.3, -0.25) is 10.1 Å². The lowest BCUT2D eigenvalue weighted by molar-refractivity contribution is -0.122. The summed E-state index contributed by atoms with van der Waals surface area (Å²) in [4.78, 5) is 21.9. The van der Waals surface area contributed by atoms with Crippen molar-refractivity contribution in [3.05, 3.63) is 0 Å². The first kappa shape index (κ1) is 8.13. The van der Waals surface area contributed by atoms with E-state index in [9.17, 15) is 9.59 Å². The van der Waals surface area contributed by atoms with E-state index in [4.69, 9.17) is 12.2 Å². The topological polar surface area (TPSA) is 58.2 Å². The van der Waals surface area contributed by atoms with Crippen LogP contribution in [0, 0.1) is 5.92 Å². The Morgan fingerprint density at radius 1 is 1.45 bits per heavy atom. The summed E-state index contributed by atoms with van der Waals surface area (Å²) in [6, 6.07) is -0.523. The molecular weight excluding hydrogens is 164 g/mol. The second-order valence-corrected chi connectivity index (χ2v) is 2.71. The molecule has 0 bridgehead atoms. The van der Waals surface area contributed by atoms with Crippen LogP contribution < -0.4 is 10.6 Å². The van der Waals surface area contributed by atoms with Crippen LogP contribution in [0.5, 0.6) is 0 Å². The van der Waals surface area contributed by atoms with Crippen molar-refractivity contribution in [1.82, 2.24) is 10.6 Å². The second-order valence-electron chi connectivity index (χ2n) is 2.27. The Bertz CT molecular complexity index is 207. The highest BCUT2D eigenvalue weighted by molar-refractivity contribution is 7.80. The predicted molar refractivity (Wildman–Crippen MR) is 43.1 cm³/mol. The molecule has 1 aliphatic heterocycles. The number of amides is 3.